The fourth-order valence-electron chi connectivity index (χ4n) is 2.66. The Labute approximate surface area is 116 Å². The molecule has 19 heavy (non-hydrogen) atoms. The van der Waals surface area contributed by atoms with Crippen LogP contribution in [0.15, 0.2) is 18.2 Å². The summed E-state index contributed by atoms with van der Waals surface area (Å²) >= 11 is 5.93. The van der Waals surface area contributed by atoms with Gasteiger partial charge in [-0.2, -0.15) is 0 Å². The lowest BCUT2D eigenvalue weighted by Gasteiger charge is -2.16. The molecule has 2 rings (SSSR count). The first-order chi connectivity index (χ1) is 9.08. The molecule has 0 bridgehead atoms. The number of carboxylic acid groups (broad SMARTS) is 1. The SMILES string of the molecule is O=C(O)C1CCCC1CNCc1ccc(F)cc1Cl. The van der Waals surface area contributed by atoms with Crippen molar-refractivity contribution in [1.82, 2.24) is 5.32 Å². The molecule has 5 heteroatoms. The molecular weight excluding hydrogens is 269 g/mol. The van der Waals surface area contributed by atoms with E-state index in [-0.39, 0.29) is 17.7 Å². The van der Waals surface area contributed by atoms with Crippen LogP contribution in [-0.4, -0.2) is 17.6 Å². The van der Waals surface area contributed by atoms with Gasteiger partial charge in [0.2, 0.25) is 0 Å². The highest BCUT2D eigenvalue weighted by molar-refractivity contribution is 6.31. The van der Waals surface area contributed by atoms with Gasteiger partial charge in [0.05, 0.1) is 5.92 Å². The van der Waals surface area contributed by atoms with Crippen molar-refractivity contribution in [3.63, 3.8) is 0 Å². The summed E-state index contributed by atoms with van der Waals surface area (Å²) in [5, 5.41) is 12.7. The zero-order valence-electron chi connectivity index (χ0n) is 10.5. The molecule has 1 saturated carbocycles. The third-order valence-electron chi connectivity index (χ3n) is 3.71. The molecule has 1 fully saturated rings. The molecule has 1 aromatic carbocycles. The molecule has 1 aliphatic rings. The lowest BCUT2D eigenvalue weighted by atomic mass is 9.96. The van der Waals surface area contributed by atoms with Gasteiger partial charge >= 0.3 is 5.97 Å². The van der Waals surface area contributed by atoms with E-state index >= 15 is 0 Å². The molecule has 1 aliphatic carbocycles. The number of nitrogens with one attached hydrogen (secondary N) is 1. The van der Waals surface area contributed by atoms with Gasteiger partial charge in [0.15, 0.2) is 0 Å². The Morgan fingerprint density at radius 3 is 2.95 bits per heavy atom. The van der Waals surface area contributed by atoms with Crippen LogP contribution in [0, 0.1) is 17.7 Å². The van der Waals surface area contributed by atoms with Gasteiger partial charge in [0, 0.05) is 11.6 Å². The summed E-state index contributed by atoms with van der Waals surface area (Å²) in [6.45, 7) is 1.19. The van der Waals surface area contributed by atoms with Crippen LogP contribution in [0.2, 0.25) is 5.02 Å². The summed E-state index contributed by atoms with van der Waals surface area (Å²) < 4.78 is 12.9. The van der Waals surface area contributed by atoms with Gasteiger partial charge in [-0.15, -0.1) is 0 Å². The van der Waals surface area contributed by atoms with Gasteiger partial charge < -0.3 is 10.4 Å². The van der Waals surface area contributed by atoms with E-state index in [1.54, 1.807) is 6.07 Å². The van der Waals surface area contributed by atoms with Gasteiger partial charge in [-0.05, 0) is 43.0 Å². The molecule has 104 valence electrons. The summed E-state index contributed by atoms with van der Waals surface area (Å²) in [7, 11) is 0. The second kappa shape index (κ2) is 6.35. The fourth-order valence-corrected chi connectivity index (χ4v) is 2.90. The van der Waals surface area contributed by atoms with E-state index in [1.807, 2.05) is 0 Å². The van der Waals surface area contributed by atoms with Crippen LogP contribution in [0.25, 0.3) is 0 Å². The maximum absolute atomic E-state index is 12.9. The number of hydrogen-bond acceptors (Lipinski definition) is 2. The van der Waals surface area contributed by atoms with E-state index in [0.29, 0.717) is 18.1 Å². The Bertz CT molecular complexity index is 467. The summed E-state index contributed by atoms with van der Waals surface area (Å²) in [4.78, 5) is 11.0. The molecule has 0 saturated heterocycles. The van der Waals surface area contributed by atoms with Crippen LogP contribution < -0.4 is 5.32 Å². The van der Waals surface area contributed by atoms with Crippen molar-refractivity contribution in [3.8, 4) is 0 Å². The highest BCUT2D eigenvalue weighted by Gasteiger charge is 2.32. The Morgan fingerprint density at radius 2 is 2.26 bits per heavy atom. The number of benzene rings is 1. The van der Waals surface area contributed by atoms with Gasteiger partial charge in [0.1, 0.15) is 5.82 Å². The molecule has 0 radical (unpaired) electrons. The molecule has 3 nitrogen and oxygen atoms in total. The number of carboxylic acids is 1. The molecule has 0 aromatic heterocycles. The van der Waals surface area contributed by atoms with Crippen LogP contribution in [0.5, 0.6) is 0 Å². The van der Waals surface area contributed by atoms with Crippen molar-refractivity contribution in [1.29, 1.82) is 0 Å². The average Bonchev–Trinajstić information content (AvgIpc) is 2.80. The standard InChI is InChI=1S/C14H17ClFNO2/c15-13-6-11(16)5-4-10(13)8-17-7-9-2-1-3-12(9)14(18)19/h4-6,9,12,17H,1-3,7-8H2,(H,18,19). The van der Waals surface area contributed by atoms with E-state index in [1.165, 1.54) is 12.1 Å². The third-order valence-corrected chi connectivity index (χ3v) is 4.07. The second-order valence-corrected chi connectivity index (χ2v) is 5.41. The Hall–Kier alpha value is -1.13. The van der Waals surface area contributed by atoms with Gasteiger partial charge in [-0.3, -0.25) is 4.79 Å². The average molecular weight is 286 g/mol. The quantitative estimate of drug-likeness (QED) is 0.874. The van der Waals surface area contributed by atoms with Gasteiger partial charge in [-0.1, -0.05) is 24.1 Å². The first-order valence-corrected chi connectivity index (χ1v) is 6.83. The lowest BCUT2D eigenvalue weighted by Crippen LogP contribution is -2.28. The summed E-state index contributed by atoms with van der Waals surface area (Å²) in [5.41, 5.74) is 0.827. The molecule has 0 aliphatic heterocycles. The molecule has 0 spiro atoms. The second-order valence-electron chi connectivity index (χ2n) is 5.00. The van der Waals surface area contributed by atoms with Crippen molar-refractivity contribution < 1.29 is 14.3 Å². The Morgan fingerprint density at radius 1 is 1.47 bits per heavy atom. The van der Waals surface area contributed by atoms with Crippen LogP contribution in [-0.2, 0) is 11.3 Å². The maximum atomic E-state index is 12.9. The zero-order valence-corrected chi connectivity index (χ0v) is 11.3. The highest BCUT2D eigenvalue weighted by atomic mass is 35.5. The third kappa shape index (κ3) is 3.67. The summed E-state index contributed by atoms with van der Waals surface area (Å²) in [6.07, 6.45) is 2.68. The number of rotatable bonds is 5. The predicted octanol–water partition coefficient (Wildman–Crippen LogP) is 3.07. The van der Waals surface area contributed by atoms with E-state index in [9.17, 15) is 9.18 Å². The molecule has 1 aromatic rings. The Kier molecular flexibility index (Phi) is 4.77. The van der Waals surface area contributed by atoms with Crippen LogP contribution >= 0.6 is 11.6 Å². The summed E-state index contributed by atoms with van der Waals surface area (Å²) in [6, 6.07) is 4.31. The van der Waals surface area contributed by atoms with Crippen molar-refractivity contribution >= 4 is 17.6 Å². The molecule has 0 amide bonds. The monoisotopic (exact) mass is 285 g/mol. The van der Waals surface area contributed by atoms with Crippen molar-refractivity contribution in [2.24, 2.45) is 11.8 Å². The first-order valence-electron chi connectivity index (χ1n) is 6.45. The van der Waals surface area contributed by atoms with E-state index < -0.39 is 5.97 Å². The minimum atomic E-state index is -0.705. The van der Waals surface area contributed by atoms with E-state index in [4.69, 9.17) is 16.7 Å². The molecule has 0 heterocycles. The smallest absolute Gasteiger partial charge is 0.306 e. The molecule has 2 N–H and O–H groups in total. The summed E-state index contributed by atoms with van der Waals surface area (Å²) in [5.74, 6) is -1.12. The zero-order chi connectivity index (χ0) is 13.8. The number of aliphatic carboxylic acids is 1. The maximum Gasteiger partial charge on any atom is 0.306 e. The minimum absolute atomic E-state index is 0.178. The Balaban J connectivity index is 1.84. The molecular formula is C14H17ClFNO2. The first kappa shape index (κ1) is 14.3. The topological polar surface area (TPSA) is 49.3 Å². The van der Waals surface area contributed by atoms with Crippen molar-refractivity contribution in [2.75, 3.05) is 6.54 Å². The normalized spacial score (nSPS) is 22.6. The minimum Gasteiger partial charge on any atom is -0.481 e. The highest BCUT2D eigenvalue weighted by Crippen LogP contribution is 2.31. The van der Waals surface area contributed by atoms with E-state index in [0.717, 1.165) is 24.8 Å². The van der Waals surface area contributed by atoms with Crippen molar-refractivity contribution in [2.45, 2.75) is 25.8 Å². The number of halogens is 2. The van der Waals surface area contributed by atoms with E-state index in [2.05, 4.69) is 5.32 Å². The molecule has 2 unspecified atom stereocenters. The number of hydrogen-bond donors (Lipinski definition) is 2. The van der Waals surface area contributed by atoms with Crippen LogP contribution in [0.4, 0.5) is 4.39 Å². The largest absolute Gasteiger partial charge is 0.481 e. The van der Waals surface area contributed by atoms with Crippen molar-refractivity contribution in [3.05, 3.63) is 34.6 Å². The van der Waals surface area contributed by atoms with Crippen LogP contribution in [0.1, 0.15) is 24.8 Å². The van der Waals surface area contributed by atoms with Crippen LogP contribution in [0.3, 0.4) is 0 Å². The number of carbonyl (C=O) groups is 1. The fraction of sp³-hybridized carbons (Fsp3) is 0.500. The molecule has 2 atom stereocenters. The van der Waals surface area contributed by atoms with Gasteiger partial charge in [0.25, 0.3) is 0 Å². The lowest BCUT2D eigenvalue weighted by molar-refractivity contribution is -0.142. The predicted molar refractivity (Wildman–Crippen MR) is 71.6 cm³/mol. The van der Waals surface area contributed by atoms with Gasteiger partial charge in [-0.25, -0.2) is 4.39 Å².